The Morgan fingerprint density at radius 1 is 1.11 bits per heavy atom. The van der Waals surface area contributed by atoms with Crippen LogP contribution in [-0.4, -0.2) is 29.0 Å². The summed E-state index contributed by atoms with van der Waals surface area (Å²) in [7, 11) is 4.90. The third-order valence-corrected chi connectivity index (χ3v) is 4.54. The Morgan fingerprint density at radius 2 is 1.85 bits per heavy atom. The molecule has 2 heterocycles. The Morgan fingerprint density at radius 3 is 2.52 bits per heavy atom. The summed E-state index contributed by atoms with van der Waals surface area (Å²) < 4.78 is 27.1. The zero-order valence-corrected chi connectivity index (χ0v) is 14.9. The summed E-state index contributed by atoms with van der Waals surface area (Å²) in [5.41, 5.74) is 2.50. The molecule has 0 amide bonds. The fourth-order valence-electron chi connectivity index (χ4n) is 3.22. The van der Waals surface area contributed by atoms with E-state index in [1.54, 1.807) is 50.3 Å². The van der Waals surface area contributed by atoms with Gasteiger partial charge in [-0.15, -0.1) is 0 Å². The smallest absolute Gasteiger partial charge is 0.162 e. The van der Waals surface area contributed by atoms with E-state index in [-0.39, 0.29) is 5.56 Å². The van der Waals surface area contributed by atoms with Crippen LogP contribution in [0.1, 0.15) is 5.56 Å². The van der Waals surface area contributed by atoms with Crippen LogP contribution < -0.4 is 9.47 Å². The Hall–Kier alpha value is -3.66. The van der Waals surface area contributed by atoms with Crippen molar-refractivity contribution < 1.29 is 13.9 Å². The lowest BCUT2D eigenvalue weighted by atomic mass is 10.0. The molecule has 0 spiro atoms. The Kier molecular flexibility index (Phi) is 3.89. The van der Waals surface area contributed by atoms with Crippen molar-refractivity contribution in [2.75, 3.05) is 14.2 Å². The molecule has 4 rings (SSSR count). The van der Waals surface area contributed by atoms with Crippen LogP contribution in [0.2, 0.25) is 0 Å². The summed E-state index contributed by atoms with van der Waals surface area (Å²) in [5, 5.41) is 15.0. The molecule has 0 N–H and O–H groups in total. The lowest BCUT2D eigenvalue weighted by molar-refractivity contribution is 0.356. The normalized spacial score (nSPS) is 10.9. The second kappa shape index (κ2) is 6.25. The zero-order chi connectivity index (χ0) is 19.1. The van der Waals surface area contributed by atoms with Gasteiger partial charge in [0.1, 0.15) is 11.5 Å². The summed E-state index contributed by atoms with van der Waals surface area (Å²) in [6.45, 7) is 0. The third kappa shape index (κ3) is 2.54. The van der Waals surface area contributed by atoms with Crippen LogP contribution in [0.25, 0.3) is 33.1 Å². The van der Waals surface area contributed by atoms with Crippen LogP contribution in [0.5, 0.6) is 11.5 Å². The predicted molar refractivity (Wildman–Crippen MR) is 99.2 cm³/mol. The highest BCUT2D eigenvalue weighted by Crippen LogP contribution is 2.38. The number of nitrogens with zero attached hydrogens (tertiary/aromatic N) is 4. The number of fused-ring (bicyclic) bond motifs is 3. The Labute approximate surface area is 154 Å². The van der Waals surface area contributed by atoms with Crippen molar-refractivity contribution in [2.45, 2.75) is 0 Å². The van der Waals surface area contributed by atoms with Gasteiger partial charge in [-0.1, -0.05) is 0 Å². The first-order valence-corrected chi connectivity index (χ1v) is 8.14. The van der Waals surface area contributed by atoms with Crippen molar-refractivity contribution in [3.63, 3.8) is 0 Å². The molecule has 2 aromatic carbocycles. The molecule has 4 aromatic rings. The van der Waals surface area contributed by atoms with Crippen molar-refractivity contribution in [3.8, 4) is 28.8 Å². The standard InChI is InChI=1S/C20H15FN4O2/c1-25-16-10-23-15-8-18(27-3)17(26-2)7-13(15)19(16)20(24-25)12-5-4-11(9-22)6-14(12)21/h4-8,10H,1-3H3. The van der Waals surface area contributed by atoms with Gasteiger partial charge < -0.3 is 9.47 Å². The van der Waals surface area contributed by atoms with E-state index in [1.807, 2.05) is 12.1 Å². The largest absolute Gasteiger partial charge is 0.493 e. The molecule has 27 heavy (non-hydrogen) atoms. The second-order valence-corrected chi connectivity index (χ2v) is 6.02. The van der Waals surface area contributed by atoms with Crippen molar-refractivity contribution in [3.05, 3.63) is 47.9 Å². The zero-order valence-electron chi connectivity index (χ0n) is 14.9. The number of hydrogen-bond donors (Lipinski definition) is 0. The molecule has 0 radical (unpaired) electrons. The molecular weight excluding hydrogens is 347 g/mol. The van der Waals surface area contributed by atoms with Crippen LogP contribution in [0.4, 0.5) is 4.39 Å². The van der Waals surface area contributed by atoms with Gasteiger partial charge >= 0.3 is 0 Å². The predicted octanol–water partition coefficient (Wildman–Crippen LogP) is 3.82. The fourth-order valence-corrected chi connectivity index (χ4v) is 3.22. The highest BCUT2D eigenvalue weighted by atomic mass is 19.1. The summed E-state index contributed by atoms with van der Waals surface area (Å²) in [4.78, 5) is 4.48. The maximum atomic E-state index is 14.7. The van der Waals surface area contributed by atoms with Gasteiger partial charge in [0, 0.05) is 29.4 Å². The van der Waals surface area contributed by atoms with E-state index in [4.69, 9.17) is 14.7 Å². The number of hydrogen-bond acceptors (Lipinski definition) is 5. The second-order valence-electron chi connectivity index (χ2n) is 6.02. The minimum Gasteiger partial charge on any atom is -0.493 e. The number of benzene rings is 2. The monoisotopic (exact) mass is 362 g/mol. The fraction of sp³-hybridized carbons (Fsp3) is 0.150. The van der Waals surface area contributed by atoms with E-state index in [1.165, 1.54) is 6.07 Å². The first-order valence-electron chi connectivity index (χ1n) is 8.14. The van der Waals surface area contributed by atoms with Gasteiger partial charge in [0.15, 0.2) is 11.5 Å². The number of ether oxygens (including phenoxy) is 2. The average molecular weight is 362 g/mol. The summed E-state index contributed by atoms with van der Waals surface area (Å²) in [5.74, 6) is 0.612. The molecule has 6 nitrogen and oxygen atoms in total. The van der Waals surface area contributed by atoms with E-state index < -0.39 is 5.82 Å². The summed E-state index contributed by atoms with van der Waals surface area (Å²) in [6, 6.07) is 9.89. The molecule has 0 unspecified atom stereocenters. The number of aryl methyl sites for hydroxylation is 1. The van der Waals surface area contributed by atoms with Gasteiger partial charge in [0.25, 0.3) is 0 Å². The number of methoxy groups -OCH3 is 2. The number of aromatic nitrogens is 3. The van der Waals surface area contributed by atoms with Crippen LogP contribution in [-0.2, 0) is 7.05 Å². The van der Waals surface area contributed by atoms with Gasteiger partial charge in [0.05, 0.1) is 43.1 Å². The molecule has 0 saturated carbocycles. The number of nitriles is 1. The first-order chi connectivity index (χ1) is 13.1. The molecule has 7 heteroatoms. The van der Waals surface area contributed by atoms with Crippen molar-refractivity contribution in [1.29, 1.82) is 5.26 Å². The minimum atomic E-state index is -0.500. The molecular formula is C20H15FN4O2. The Balaban J connectivity index is 2.10. The van der Waals surface area contributed by atoms with E-state index in [9.17, 15) is 4.39 Å². The van der Waals surface area contributed by atoms with Crippen LogP contribution in [0.15, 0.2) is 36.5 Å². The SMILES string of the molecule is COc1cc2ncc3c(c(-c4ccc(C#N)cc4F)nn3C)c2cc1OC. The molecule has 0 aliphatic heterocycles. The third-order valence-electron chi connectivity index (χ3n) is 4.54. The quantitative estimate of drug-likeness (QED) is 0.554. The van der Waals surface area contributed by atoms with Gasteiger partial charge in [-0.05, 0) is 24.3 Å². The molecule has 0 bridgehead atoms. The van der Waals surface area contributed by atoms with Gasteiger partial charge in [0.2, 0.25) is 0 Å². The molecule has 0 fully saturated rings. The van der Waals surface area contributed by atoms with E-state index in [0.717, 1.165) is 16.3 Å². The number of halogens is 1. The molecule has 0 aliphatic carbocycles. The maximum Gasteiger partial charge on any atom is 0.162 e. The van der Waals surface area contributed by atoms with Gasteiger partial charge in [-0.2, -0.15) is 10.4 Å². The van der Waals surface area contributed by atoms with E-state index in [0.29, 0.717) is 28.3 Å². The first kappa shape index (κ1) is 16.8. The highest BCUT2D eigenvalue weighted by Gasteiger charge is 2.19. The molecule has 0 atom stereocenters. The van der Waals surface area contributed by atoms with Gasteiger partial charge in [-0.3, -0.25) is 9.67 Å². The lowest BCUT2D eigenvalue weighted by Crippen LogP contribution is -1.93. The lowest BCUT2D eigenvalue weighted by Gasteiger charge is -2.10. The highest BCUT2D eigenvalue weighted by molar-refractivity contribution is 6.11. The van der Waals surface area contributed by atoms with E-state index in [2.05, 4.69) is 10.1 Å². The van der Waals surface area contributed by atoms with Crippen LogP contribution >= 0.6 is 0 Å². The molecule has 0 aliphatic rings. The molecule has 134 valence electrons. The van der Waals surface area contributed by atoms with Crippen molar-refractivity contribution >= 4 is 21.8 Å². The number of pyridine rings is 1. The molecule has 2 aromatic heterocycles. The average Bonchev–Trinajstić information content (AvgIpc) is 3.03. The topological polar surface area (TPSA) is 73.0 Å². The maximum absolute atomic E-state index is 14.7. The van der Waals surface area contributed by atoms with Crippen molar-refractivity contribution in [1.82, 2.24) is 14.8 Å². The van der Waals surface area contributed by atoms with Crippen LogP contribution in [0, 0.1) is 17.1 Å². The minimum absolute atomic E-state index is 0.259. The summed E-state index contributed by atoms with van der Waals surface area (Å²) >= 11 is 0. The van der Waals surface area contributed by atoms with Gasteiger partial charge in [-0.25, -0.2) is 4.39 Å². The van der Waals surface area contributed by atoms with Crippen LogP contribution in [0.3, 0.4) is 0 Å². The number of rotatable bonds is 3. The van der Waals surface area contributed by atoms with Crippen molar-refractivity contribution in [2.24, 2.45) is 7.05 Å². The van der Waals surface area contributed by atoms with E-state index >= 15 is 0 Å². The summed E-state index contributed by atoms with van der Waals surface area (Å²) in [6.07, 6.45) is 1.70. The molecule has 0 saturated heterocycles. The Bertz CT molecular complexity index is 1240.